The van der Waals surface area contributed by atoms with E-state index in [9.17, 15) is 4.79 Å². The van der Waals surface area contributed by atoms with Crippen molar-refractivity contribution in [2.45, 2.75) is 110 Å². The minimum absolute atomic E-state index is 0. The van der Waals surface area contributed by atoms with Gasteiger partial charge in [-0.25, -0.2) is 0 Å². The Balaban J connectivity index is -0.00000128. The van der Waals surface area contributed by atoms with Crippen LogP contribution in [0.3, 0.4) is 0 Å². The summed E-state index contributed by atoms with van der Waals surface area (Å²) in [5.41, 5.74) is 0. The van der Waals surface area contributed by atoms with Gasteiger partial charge in [0.1, 0.15) is 0 Å². The van der Waals surface area contributed by atoms with Crippen LogP contribution in [0.1, 0.15) is 110 Å². The van der Waals surface area contributed by atoms with E-state index in [4.69, 9.17) is 8.43 Å². The van der Waals surface area contributed by atoms with Gasteiger partial charge in [0.15, 0.2) is 17.4 Å². The number of aliphatic carboxylic acids is 1. The van der Waals surface area contributed by atoms with Crippen LogP contribution < -0.4 is 0 Å². The Morgan fingerprint density at radius 2 is 0.913 bits per heavy atom. The van der Waals surface area contributed by atoms with Gasteiger partial charge >= 0.3 is 29.7 Å². The summed E-state index contributed by atoms with van der Waals surface area (Å²) in [6.45, 7) is 2.27. The van der Waals surface area contributed by atoms with Gasteiger partial charge in [-0.15, -0.1) is 0 Å². The molecular formula is C18H39AlO3Ti. The summed E-state index contributed by atoms with van der Waals surface area (Å²) in [6.07, 6.45) is 20.2. The molecule has 0 aromatic heterocycles. The summed E-state index contributed by atoms with van der Waals surface area (Å²) in [5.74, 6) is -0.653. The van der Waals surface area contributed by atoms with Gasteiger partial charge in [0.05, 0.1) is 0 Å². The molecule has 23 heavy (non-hydrogen) atoms. The Labute approximate surface area is 166 Å². The van der Waals surface area contributed by atoms with Crippen molar-refractivity contribution in [3.05, 3.63) is 0 Å². The van der Waals surface area contributed by atoms with Crippen molar-refractivity contribution in [2.75, 3.05) is 0 Å². The minimum atomic E-state index is -0.653. The van der Waals surface area contributed by atoms with Crippen LogP contribution in [0.2, 0.25) is 0 Å². The second kappa shape index (κ2) is 27.4. The molecule has 0 aliphatic rings. The molecule has 0 saturated carbocycles. The molecule has 0 aromatic carbocycles. The summed E-state index contributed by atoms with van der Waals surface area (Å²) in [7, 11) is 0. The van der Waals surface area contributed by atoms with E-state index in [0.29, 0.717) is 6.42 Å². The third kappa shape index (κ3) is 30.9. The monoisotopic (exact) mass is 378 g/mol. The van der Waals surface area contributed by atoms with E-state index in [1.807, 2.05) is 0 Å². The van der Waals surface area contributed by atoms with Crippen LogP contribution in [0.15, 0.2) is 0 Å². The first-order valence-electron chi connectivity index (χ1n) is 9.19. The van der Waals surface area contributed by atoms with Gasteiger partial charge in [-0.2, -0.15) is 0 Å². The average molecular weight is 378 g/mol. The first kappa shape index (κ1) is 28.3. The molecule has 0 aliphatic heterocycles. The van der Waals surface area contributed by atoms with E-state index >= 15 is 0 Å². The molecule has 5 heteroatoms. The van der Waals surface area contributed by atoms with Crippen molar-refractivity contribution in [3.8, 4) is 0 Å². The Hall–Kier alpha value is 0.517. The van der Waals surface area contributed by atoms with Gasteiger partial charge < -0.3 is 5.11 Å². The molecule has 0 spiro atoms. The van der Waals surface area contributed by atoms with E-state index < -0.39 is 5.97 Å². The number of carbonyl (C=O) groups is 1. The first-order valence-corrected chi connectivity index (χ1v) is 9.83. The van der Waals surface area contributed by atoms with Crippen molar-refractivity contribution in [1.82, 2.24) is 0 Å². The van der Waals surface area contributed by atoms with Crippen LogP contribution in [-0.4, -0.2) is 28.4 Å². The van der Waals surface area contributed by atoms with Gasteiger partial charge in [0, 0.05) is 6.42 Å². The van der Waals surface area contributed by atoms with Crippen molar-refractivity contribution >= 4 is 23.3 Å². The molecule has 3 nitrogen and oxygen atoms in total. The van der Waals surface area contributed by atoms with Crippen molar-refractivity contribution in [2.24, 2.45) is 0 Å². The molecule has 0 unspecified atom stereocenters. The normalized spacial score (nSPS) is 9.57. The van der Waals surface area contributed by atoms with Gasteiger partial charge in [-0.1, -0.05) is 96.8 Å². The van der Waals surface area contributed by atoms with Crippen LogP contribution in [0.4, 0.5) is 0 Å². The Morgan fingerprint density at radius 3 is 1.17 bits per heavy atom. The third-order valence-corrected chi connectivity index (χ3v) is 3.99. The molecule has 0 fully saturated rings. The molecule has 0 saturated heterocycles. The number of hydrogen-bond acceptors (Lipinski definition) is 2. The van der Waals surface area contributed by atoms with Crippen LogP contribution >= 0.6 is 0 Å². The van der Waals surface area contributed by atoms with Crippen molar-refractivity contribution in [3.63, 3.8) is 0 Å². The zero-order chi connectivity index (χ0) is 16.9. The van der Waals surface area contributed by atoms with Gasteiger partial charge in [-0.05, 0) is 6.42 Å². The topological polar surface area (TPSA) is 54.4 Å². The molecule has 0 bridgehead atoms. The maximum atomic E-state index is 10.3. The van der Waals surface area contributed by atoms with Crippen molar-refractivity contribution in [1.29, 1.82) is 0 Å². The molecule has 0 heterocycles. The average Bonchev–Trinajstić information content (AvgIpc) is 2.53. The molecule has 0 radical (unpaired) electrons. The standard InChI is InChI=1S/C18H36O2.Al.O.Ti.3H/c1-2-3-4-5-6-7-8-9-10-11-12-13-14-15-16-17-18(19)20;;;;;;/h2-17H2,1H3,(H,19,20);;;;;;. The summed E-state index contributed by atoms with van der Waals surface area (Å²) in [5, 5.41) is 8.52. The van der Waals surface area contributed by atoms with E-state index in [1.54, 1.807) is 0 Å². The van der Waals surface area contributed by atoms with E-state index in [0.717, 1.165) is 33.2 Å². The number of carboxylic acids is 1. The summed E-state index contributed by atoms with van der Waals surface area (Å²) >= 11 is 0.750. The molecular weight excluding hydrogens is 339 g/mol. The van der Waals surface area contributed by atoms with E-state index in [1.165, 1.54) is 83.5 Å². The Kier molecular flexibility index (Phi) is 33.7. The Bertz CT molecular complexity index is 228. The Morgan fingerprint density at radius 1 is 0.652 bits per heavy atom. The predicted octanol–water partition coefficient (Wildman–Crippen LogP) is 5.03. The second-order valence-electron chi connectivity index (χ2n) is 6.09. The van der Waals surface area contributed by atoms with E-state index in [-0.39, 0.29) is 17.4 Å². The fourth-order valence-electron chi connectivity index (χ4n) is 2.65. The predicted molar refractivity (Wildman–Crippen MR) is 97.8 cm³/mol. The van der Waals surface area contributed by atoms with Crippen LogP contribution in [-0.2, 0) is 28.5 Å². The quantitative estimate of drug-likeness (QED) is 0.303. The molecule has 136 valence electrons. The fraction of sp³-hybridized carbons (Fsp3) is 0.944. The molecule has 0 aromatic rings. The zero-order valence-electron chi connectivity index (χ0n) is 14.6. The van der Waals surface area contributed by atoms with Crippen LogP contribution in [0.25, 0.3) is 0 Å². The molecule has 0 rings (SSSR count). The first-order chi connectivity index (χ1) is 10.8. The second-order valence-corrected chi connectivity index (χ2v) is 6.09. The number of carboxylic acid groups (broad SMARTS) is 1. The summed E-state index contributed by atoms with van der Waals surface area (Å²) < 4.78 is 8.25. The van der Waals surface area contributed by atoms with Crippen LogP contribution in [0.5, 0.6) is 0 Å². The van der Waals surface area contributed by atoms with Gasteiger partial charge in [-0.3, -0.25) is 4.79 Å². The summed E-state index contributed by atoms with van der Waals surface area (Å²) in [4.78, 5) is 10.3. The SMILES string of the molecule is CCCCCCCCCCCCCCCCCC(=O)O.[AlH3].[O]=[Ti]. The molecule has 1 N–H and O–H groups in total. The number of hydrogen-bond donors (Lipinski definition) is 1. The molecule has 0 atom stereocenters. The molecule has 0 aliphatic carbocycles. The maximum absolute atomic E-state index is 10.3. The van der Waals surface area contributed by atoms with Crippen LogP contribution in [0, 0.1) is 0 Å². The summed E-state index contributed by atoms with van der Waals surface area (Å²) in [6, 6.07) is 0. The third-order valence-electron chi connectivity index (χ3n) is 3.99. The zero-order valence-corrected chi connectivity index (χ0v) is 16.1. The fourth-order valence-corrected chi connectivity index (χ4v) is 2.65. The van der Waals surface area contributed by atoms with Gasteiger partial charge in [0.25, 0.3) is 0 Å². The van der Waals surface area contributed by atoms with E-state index in [2.05, 4.69) is 6.92 Å². The van der Waals surface area contributed by atoms with Crippen molar-refractivity contribution < 1.29 is 33.6 Å². The number of rotatable bonds is 16. The van der Waals surface area contributed by atoms with Gasteiger partial charge in [0.2, 0.25) is 0 Å². The molecule has 0 amide bonds. The number of unbranched alkanes of at least 4 members (excludes halogenated alkanes) is 14.